The van der Waals surface area contributed by atoms with Gasteiger partial charge in [-0.1, -0.05) is 18.2 Å². The van der Waals surface area contributed by atoms with Crippen LogP contribution in [0.25, 0.3) is 10.9 Å². The molecule has 0 saturated heterocycles. The van der Waals surface area contributed by atoms with Crippen molar-refractivity contribution in [1.82, 2.24) is 4.98 Å². The molecule has 3 heterocycles. The van der Waals surface area contributed by atoms with Crippen molar-refractivity contribution in [2.75, 3.05) is 29.8 Å². The smallest absolute Gasteiger partial charge is 0.512 e. The van der Waals surface area contributed by atoms with E-state index in [4.69, 9.17) is 41.8 Å². The Morgan fingerprint density at radius 2 is 1.38 bits per heavy atom. The van der Waals surface area contributed by atoms with E-state index < -0.39 is 35.6 Å². The maximum atomic E-state index is 12.1. The number of aromatic carboxylic acids is 3. The van der Waals surface area contributed by atoms with Gasteiger partial charge in [0.15, 0.2) is 0 Å². The zero-order chi connectivity index (χ0) is 42.4. The number of nitrogens with one attached hydrogen (secondary N) is 2. The van der Waals surface area contributed by atoms with Gasteiger partial charge in [-0.25, -0.2) is 19.2 Å². The molecule has 2 aliphatic rings. The molecule has 58 heavy (non-hydrogen) atoms. The number of H-pyrrole nitrogens is 1. The minimum absolute atomic E-state index is 0. The van der Waals surface area contributed by atoms with E-state index in [2.05, 4.69) is 20.0 Å². The average molecular weight is 806 g/mol. The van der Waals surface area contributed by atoms with Gasteiger partial charge in [-0.2, -0.15) is 0 Å². The van der Waals surface area contributed by atoms with Crippen LogP contribution in [0, 0.1) is 11.8 Å². The molecule has 0 spiro atoms. The predicted octanol–water partition coefficient (Wildman–Crippen LogP) is 2.32. The molecule has 21 heteroatoms. The number of aromatic nitrogens is 1. The Labute approximate surface area is 361 Å². The quantitative estimate of drug-likeness (QED) is 0.0515. The Bertz CT molecular complexity index is 1980. The molecule has 6 N–H and O–H groups in total. The molecular weight excluding hydrogens is 764 g/mol. The van der Waals surface area contributed by atoms with Crippen LogP contribution in [-0.4, -0.2) is 104 Å². The molecule has 0 atom stereocenters. The van der Waals surface area contributed by atoms with E-state index in [1.54, 1.807) is 82.3 Å². The number of nitrogens with zero attached hydrogens (tertiary/aromatic N) is 2. The van der Waals surface area contributed by atoms with Crippen LogP contribution in [0.4, 0.5) is 16.2 Å². The van der Waals surface area contributed by atoms with Crippen LogP contribution in [0.3, 0.4) is 0 Å². The Balaban J connectivity index is 0. The number of aromatic amines is 1. The fraction of sp³-hybridized carbons (Fsp3) is 0.297. The fourth-order valence-electron chi connectivity index (χ4n) is 5.09. The summed E-state index contributed by atoms with van der Waals surface area (Å²) in [5.74, 6) is -3.53. The van der Waals surface area contributed by atoms with E-state index in [1.807, 2.05) is 12.1 Å². The van der Waals surface area contributed by atoms with Crippen molar-refractivity contribution < 1.29 is 93.1 Å². The number of hydrogen-bond acceptors (Lipinski definition) is 11. The van der Waals surface area contributed by atoms with Crippen LogP contribution < -0.4 is 39.8 Å². The Hall–Kier alpha value is -5.45. The molecule has 3 aromatic carbocycles. The first kappa shape index (κ1) is 54.7. The summed E-state index contributed by atoms with van der Waals surface area (Å²) in [5.41, 5.74) is 4.55. The number of anilines is 2. The van der Waals surface area contributed by atoms with Gasteiger partial charge in [0, 0.05) is 51.2 Å². The van der Waals surface area contributed by atoms with Gasteiger partial charge in [0.1, 0.15) is 5.60 Å². The topological polar surface area (TPSA) is 266 Å². The zero-order valence-corrected chi connectivity index (χ0v) is 35.0. The van der Waals surface area contributed by atoms with E-state index in [0.29, 0.717) is 42.5 Å². The number of carboxylic acid groups (broad SMARTS) is 4. The van der Waals surface area contributed by atoms with Crippen molar-refractivity contribution in [3.63, 3.8) is 0 Å². The van der Waals surface area contributed by atoms with Crippen molar-refractivity contribution >= 4 is 75.3 Å². The summed E-state index contributed by atoms with van der Waals surface area (Å²) in [4.78, 5) is 66.5. The summed E-state index contributed by atoms with van der Waals surface area (Å²) < 4.78 is 14.8. The van der Waals surface area contributed by atoms with Gasteiger partial charge in [0.05, 0.1) is 22.4 Å². The van der Waals surface area contributed by atoms with Gasteiger partial charge in [-0.3, -0.25) is 9.69 Å². The third kappa shape index (κ3) is 18.2. The second-order valence-corrected chi connectivity index (χ2v) is 12.2. The van der Waals surface area contributed by atoms with E-state index in [1.165, 1.54) is 12.4 Å². The van der Waals surface area contributed by atoms with Crippen LogP contribution in [-0.2, 0) is 36.8 Å². The van der Waals surface area contributed by atoms with E-state index in [9.17, 15) is 23.9 Å². The summed E-state index contributed by atoms with van der Waals surface area (Å²) >= 11 is 0. The first-order chi connectivity index (χ1) is 26.5. The predicted molar refractivity (Wildman–Crippen MR) is 211 cm³/mol. The first-order valence-electron chi connectivity index (χ1n) is 16.7. The number of fused-ring (bicyclic) bond motifs is 3. The zero-order valence-electron chi connectivity index (χ0n) is 33.0. The minimum Gasteiger partial charge on any atom is -0.512 e. The average Bonchev–Trinajstić information content (AvgIpc) is 3.92. The largest absolute Gasteiger partial charge is 1.00 e. The van der Waals surface area contributed by atoms with Gasteiger partial charge in [0.25, 0.3) is 5.97 Å². The number of ether oxygens (including phenoxy) is 1. The van der Waals surface area contributed by atoms with Crippen LogP contribution in [0.5, 0.6) is 0 Å². The van der Waals surface area contributed by atoms with Gasteiger partial charge >= 0.3 is 95.9 Å². The second-order valence-electron chi connectivity index (χ2n) is 12.2. The molecule has 4 radical (unpaired) electrons. The molecular formula is C37H42B3N4NaO13. The normalized spacial score (nSPS) is 11.0. The second kappa shape index (κ2) is 28.0. The maximum Gasteiger partial charge on any atom is 1.00 e. The van der Waals surface area contributed by atoms with Crippen molar-refractivity contribution in [3.05, 3.63) is 101 Å². The van der Waals surface area contributed by atoms with Crippen molar-refractivity contribution in [2.24, 2.45) is 0 Å². The Kier molecular flexibility index (Phi) is 26.4. The summed E-state index contributed by atoms with van der Waals surface area (Å²) in [6.07, 6.45) is 2.65. The molecule has 0 bridgehead atoms. The Morgan fingerprint density at radius 1 is 0.845 bits per heavy atom. The monoisotopic (exact) mass is 806 g/mol. The van der Waals surface area contributed by atoms with Gasteiger partial charge < -0.3 is 47.3 Å². The van der Waals surface area contributed by atoms with Gasteiger partial charge in [-0.15, -0.1) is 0 Å². The number of benzene rings is 3. The SMILES string of the molecule is CC(=O)O.CC(C)(C)OC(=O)N1CCc2c(C(=O)O)cccc21.C[B]OOCB=O.O=C(O)c1cccc2[nH]ccc12.O=C(O)c1cccc2c1CCN2.[B].[C-]#N.[Na+]. The number of carbonyl (C=O) groups excluding carboxylic acids is 1. The van der Waals surface area contributed by atoms with E-state index in [-0.39, 0.29) is 50.0 Å². The molecule has 1 aromatic heterocycles. The molecule has 0 unspecified atom stereocenters. The molecule has 17 nitrogen and oxygen atoms in total. The number of rotatable bonds is 7. The number of carboxylic acids is 4. The number of carbonyl (C=O) groups is 5. The molecule has 0 aliphatic carbocycles. The molecule has 0 saturated carbocycles. The summed E-state index contributed by atoms with van der Waals surface area (Å²) in [5, 5.41) is 44.3. The fourth-order valence-corrected chi connectivity index (χ4v) is 5.09. The van der Waals surface area contributed by atoms with E-state index >= 15 is 0 Å². The standard InChI is InChI=1S/C14H17NO4.C9H9NO2.C9H7NO2.C2H5B2O3.C2H4O2.CN.B.Na/c1-14(2,3)19-13(18)15-8-7-9-10(12(16)17)5-4-6-11(9)15;2*11-9(12)7-2-1-3-8-6(7)4-5-10-8;1-3-7-6-2-4-5;1-2(3)4;1-2;;/h4-6H,7-8H2,1-3H3,(H,16,17);1-3,10H,4-5H2,(H,11,12);1-5,10H,(H,11,12);2H2,1H3;1H3,(H,3,4);;;/q;;;;;-1;;+1. The molecule has 0 fully saturated rings. The molecule has 2 aliphatic heterocycles. The number of aliphatic carboxylic acids is 1. The molecule has 4 aromatic rings. The van der Waals surface area contributed by atoms with Crippen molar-refractivity contribution in [3.8, 4) is 0 Å². The van der Waals surface area contributed by atoms with Gasteiger partial charge in [-0.05, 0) is 87.2 Å². The van der Waals surface area contributed by atoms with E-state index in [0.717, 1.165) is 42.0 Å². The minimum atomic E-state index is -0.970. The van der Waals surface area contributed by atoms with Crippen molar-refractivity contribution in [1.29, 1.82) is 5.26 Å². The molecule has 1 amide bonds. The van der Waals surface area contributed by atoms with Crippen LogP contribution >= 0.6 is 0 Å². The molecule has 6 rings (SSSR count). The van der Waals surface area contributed by atoms with Crippen molar-refractivity contribution in [2.45, 2.75) is 53.0 Å². The van der Waals surface area contributed by atoms with Crippen LogP contribution in [0.15, 0.2) is 66.9 Å². The third-order valence-corrected chi connectivity index (χ3v) is 7.09. The third-order valence-electron chi connectivity index (χ3n) is 7.09. The number of amides is 1. The molecule has 298 valence electrons. The van der Waals surface area contributed by atoms with Crippen LogP contribution in [0.2, 0.25) is 6.82 Å². The maximum absolute atomic E-state index is 12.1. The Morgan fingerprint density at radius 3 is 1.91 bits per heavy atom. The summed E-state index contributed by atoms with van der Waals surface area (Å²) in [6, 6.07) is 17.2. The summed E-state index contributed by atoms with van der Waals surface area (Å²) in [6.45, 7) is 14.2. The van der Waals surface area contributed by atoms with Crippen LogP contribution in [0.1, 0.15) is 69.9 Å². The first-order valence-corrected chi connectivity index (χ1v) is 16.7. The summed E-state index contributed by atoms with van der Waals surface area (Å²) in [7, 11) is 1.97. The number of hydrogen-bond donors (Lipinski definition) is 6. The van der Waals surface area contributed by atoms with Gasteiger partial charge in [0.2, 0.25) is 0 Å².